The van der Waals surface area contributed by atoms with E-state index in [1.165, 1.54) is 0 Å². The van der Waals surface area contributed by atoms with E-state index in [2.05, 4.69) is 15.4 Å². The molecule has 1 unspecified atom stereocenters. The van der Waals surface area contributed by atoms with Crippen LogP contribution in [0.3, 0.4) is 0 Å². The van der Waals surface area contributed by atoms with Gasteiger partial charge in [-0.05, 0) is 32.0 Å². The van der Waals surface area contributed by atoms with Gasteiger partial charge in [0.25, 0.3) is 0 Å². The summed E-state index contributed by atoms with van der Waals surface area (Å²) in [7, 11) is 0. The minimum Gasteiger partial charge on any atom is -0.468 e. The molecule has 104 valence electrons. The number of nitrogens with zero attached hydrogens (tertiary/aromatic N) is 3. The van der Waals surface area contributed by atoms with Crippen LogP contribution >= 0.6 is 0 Å². The van der Waals surface area contributed by atoms with E-state index in [1.807, 2.05) is 32.0 Å². The van der Waals surface area contributed by atoms with Crippen molar-refractivity contribution in [3.63, 3.8) is 0 Å². The van der Waals surface area contributed by atoms with E-state index in [9.17, 15) is 5.11 Å². The summed E-state index contributed by atoms with van der Waals surface area (Å²) in [6.07, 6.45) is 2.40. The van der Waals surface area contributed by atoms with Gasteiger partial charge in [0.2, 0.25) is 0 Å². The molecule has 0 bridgehead atoms. The van der Waals surface area contributed by atoms with Gasteiger partial charge in [-0.25, -0.2) is 9.50 Å². The van der Waals surface area contributed by atoms with Crippen molar-refractivity contribution >= 4 is 5.65 Å². The largest absolute Gasteiger partial charge is 0.468 e. The third kappa shape index (κ3) is 2.31. The Hall–Kier alpha value is -2.18. The number of hydrogen-bond donors (Lipinski definition) is 2. The summed E-state index contributed by atoms with van der Waals surface area (Å²) in [4.78, 5) is 4.44. The molecule has 0 spiro atoms. The van der Waals surface area contributed by atoms with E-state index in [0.717, 1.165) is 17.1 Å². The van der Waals surface area contributed by atoms with E-state index in [4.69, 9.17) is 4.42 Å². The summed E-state index contributed by atoms with van der Waals surface area (Å²) in [6, 6.07) is 5.61. The first-order chi connectivity index (χ1) is 9.65. The topological polar surface area (TPSA) is 75.6 Å². The second-order valence-corrected chi connectivity index (χ2v) is 4.74. The molecule has 0 aromatic carbocycles. The zero-order valence-electron chi connectivity index (χ0n) is 11.4. The number of furan rings is 1. The van der Waals surface area contributed by atoms with Crippen molar-refractivity contribution in [1.82, 2.24) is 19.9 Å². The lowest BCUT2D eigenvalue weighted by molar-refractivity contribution is 0.135. The Labute approximate surface area is 116 Å². The van der Waals surface area contributed by atoms with Crippen molar-refractivity contribution in [3.05, 3.63) is 53.4 Å². The molecule has 20 heavy (non-hydrogen) atoms. The predicted octanol–water partition coefficient (Wildman–Crippen LogP) is 1.72. The Balaban J connectivity index is 1.86. The lowest BCUT2D eigenvalue weighted by Crippen LogP contribution is -2.20. The van der Waals surface area contributed by atoms with Crippen LogP contribution in [0.4, 0.5) is 0 Å². The van der Waals surface area contributed by atoms with Gasteiger partial charge < -0.3 is 9.52 Å². The summed E-state index contributed by atoms with van der Waals surface area (Å²) in [5.74, 6) is 0.765. The molecular formula is C14H16N4O2. The highest BCUT2D eigenvalue weighted by molar-refractivity contribution is 5.48. The second-order valence-electron chi connectivity index (χ2n) is 4.74. The summed E-state index contributed by atoms with van der Waals surface area (Å²) in [5, 5.41) is 17.5. The van der Waals surface area contributed by atoms with Crippen LogP contribution < -0.4 is 5.32 Å². The summed E-state index contributed by atoms with van der Waals surface area (Å²) in [6.45, 7) is 4.32. The van der Waals surface area contributed by atoms with Crippen LogP contribution in [-0.4, -0.2) is 19.7 Å². The van der Waals surface area contributed by atoms with E-state index >= 15 is 0 Å². The Morgan fingerprint density at radius 3 is 3.05 bits per heavy atom. The van der Waals surface area contributed by atoms with Crippen LogP contribution in [0.25, 0.3) is 5.65 Å². The first-order valence-corrected chi connectivity index (χ1v) is 6.41. The van der Waals surface area contributed by atoms with E-state index < -0.39 is 6.23 Å². The molecule has 2 N–H and O–H groups in total. The fourth-order valence-electron chi connectivity index (χ4n) is 2.20. The second kappa shape index (κ2) is 5.07. The SMILES string of the molecule is Cc1cc(C)n2ncc(C(O)NCc3ccco3)c2n1. The monoisotopic (exact) mass is 272 g/mol. The minimum atomic E-state index is -0.841. The fourth-order valence-corrected chi connectivity index (χ4v) is 2.20. The lowest BCUT2D eigenvalue weighted by atomic mass is 10.2. The van der Waals surface area contributed by atoms with Gasteiger partial charge in [-0.2, -0.15) is 5.10 Å². The number of aliphatic hydroxyl groups excluding tert-OH is 1. The number of aliphatic hydroxyl groups is 1. The minimum absolute atomic E-state index is 0.441. The average molecular weight is 272 g/mol. The highest BCUT2D eigenvalue weighted by Crippen LogP contribution is 2.18. The first kappa shape index (κ1) is 12.8. The molecule has 0 saturated carbocycles. The maximum absolute atomic E-state index is 10.2. The molecule has 0 radical (unpaired) electrons. The maximum Gasteiger partial charge on any atom is 0.162 e. The zero-order chi connectivity index (χ0) is 14.1. The number of hydrogen-bond acceptors (Lipinski definition) is 5. The van der Waals surface area contributed by atoms with Crippen molar-refractivity contribution in [2.24, 2.45) is 0 Å². The molecule has 0 aliphatic heterocycles. The van der Waals surface area contributed by atoms with Crippen LogP contribution in [0.2, 0.25) is 0 Å². The highest BCUT2D eigenvalue weighted by atomic mass is 16.3. The fraction of sp³-hybridized carbons (Fsp3) is 0.286. The van der Waals surface area contributed by atoms with Gasteiger partial charge in [-0.15, -0.1) is 0 Å². The molecule has 3 aromatic heterocycles. The normalized spacial score (nSPS) is 12.9. The van der Waals surface area contributed by atoms with Crippen LogP contribution in [0.1, 0.15) is 28.9 Å². The van der Waals surface area contributed by atoms with E-state index in [-0.39, 0.29) is 0 Å². The Morgan fingerprint density at radius 2 is 2.30 bits per heavy atom. The molecule has 3 rings (SSSR count). The highest BCUT2D eigenvalue weighted by Gasteiger charge is 2.16. The molecule has 0 amide bonds. The standard InChI is InChI=1S/C14H16N4O2/c1-9-6-10(2)18-13(17-9)12(8-16-18)14(19)15-7-11-4-3-5-20-11/h3-6,8,14-15,19H,7H2,1-2H3. The molecule has 0 aliphatic rings. The summed E-state index contributed by atoms with van der Waals surface area (Å²) < 4.78 is 6.94. The third-order valence-electron chi connectivity index (χ3n) is 3.15. The molecule has 1 atom stereocenters. The van der Waals surface area contributed by atoms with Crippen LogP contribution in [-0.2, 0) is 6.54 Å². The van der Waals surface area contributed by atoms with Crippen LogP contribution in [0, 0.1) is 13.8 Å². The van der Waals surface area contributed by atoms with Crippen molar-refractivity contribution in [3.8, 4) is 0 Å². The lowest BCUT2D eigenvalue weighted by Gasteiger charge is -2.10. The van der Waals surface area contributed by atoms with Crippen molar-refractivity contribution in [2.75, 3.05) is 0 Å². The number of nitrogens with one attached hydrogen (secondary N) is 1. The summed E-state index contributed by atoms with van der Waals surface area (Å²) in [5.41, 5.74) is 3.21. The van der Waals surface area contributed by atoms with Crippen molar-refractivity contribution in [2.45, 2.75) is 26.6 Å². The molecular weight excluding hydrogens is 256 g/mol. The van der Waals surface area contributed by atoms with Gasteiger partial charge in [0.15, 0.2) is 5.65 Å². The van der Waals surface area contributed by atoms with Crippen LogP contribution in [0.5, 0.6) is 0 Å². The molecule has 0 aliphatic carbocycles. The van der Waals surface area contributed by atoms with Gasteiger partial charge >= 0.3 is 0 Å². The van der Waals surface area contributed by atoms with Gasteiger partial charge in [0.1, 0.15) is 12.0 Å². The van der Waals surface area contributed by atoms with E-state index in [1.54, 1.807) is 17.0 Å². The van der Waals surface area contributed by atoms with Gasteiger partial charge in [0, 0.05) is 11.4 Å². The predicted molar refractivity (Wildman–Crippen MR) is 73.0 cm³/mol. The maximum atomic E-state index is 10.2. The molecule has 0 saturated heterocycles. The molecule has 6 nitrogen and oxygen atoms in total. The Bertz CT molecular complexity index is 718. The van der Waals surface area contributed by atoms with Gasteiger partial charge in [0.05, 0.1) is 24.6 Å². The molecule has 3 aromatic rings. The molecule has 3 heterocycles. The number of rotatable bonds is 4. The zero-order valence-corrected chi connectivity index (χ0v) is 11.4. The quantitative estimate of drug-likeness (QED) is 0.707. The smallest absolute Gasteiger partial charge is 0.162 e. The first-order valence-electron chi connectivity index (χ1n) is 6.41. The van der Waals surface area contributed by atoms with E-state index in [0.29, 0.717) is 17.8 Å². The Kier molecular flexibility index (Phi) is 3.25. The number of aryl methyl sites for hydroxylation is 2. The van der Waals surface area contributed by atoms with Crippen LogP contribution in [0.15, 0.2) is 35.1 Å². The summed E-state index contributed by atoms with van der Waals surface area (Å²) >= 11 is 0. The molecule has 6 heteroatoms. The average Bonchev–Trinajstić information content (AvgIpc) is 3.04. The number of fused-ring (bicyclic) bond motifs is 1. The van der Waals surface area contributed by atoms with Crippen molar-refractivity contribution < 1.29 is 9.52 Å². The van der Waals surface area contributed by atoms with Gasteiger partial charge in [-0.3, -0.25) is 5.32 Å². The molecule has 0 fully saturated rings. The van der Waals surface area contributed by atoms with Gasteiger partial charge in [-0.1, -0.05) is 0 Å². The van der Waals surface area contributed by atoms with Crippen molar-refractivity contribution in [1.29, 1.82) is 0 Å². The Morgan fingerprint density at radius 1 is 1.45 bits per heavy atom. The number of aromatic nitrogens is 3. The third-order valence-corrected chi connectivity index (χ3v) is 3.15.